The van der Waals surface area contributed by atoms with Gasteiger partial charge in [0, 0.05) is 17.1 Å². The van der Waals surface area contributed by atoms with Crippen LogP contribution in [0.2, 0.25) is 0 Å². The number of hydrogen-bond acceptors (Lipinski definition) is 1. The Morgan fingerprint density at radius 2 is 2.06 bits per heavy atom. The molecular formula is C14H12BrNO. The van der Waals surface area contributed by atoms with Crippen LogP contribution in [-0.4, -0.2) is 5.91 Å². The van der Waals surface area contributed by atoms with Gasteiger partial charge in [0.25, 0.3) is 0 Å². The minimum absolute atomic E-state index is 0.0101. The molecule has 0 saturated heterocycles. The van der Waals surface area contributed by atoms with Crippen molar-refractivity contribution in [1.29, 1.82) is 0 Å². The minimum Gasteiger partial charge on any atom is -0.326 e. The molecule has 0 spiro atoms. The summed E-state index contributed by atoms with van der Waals surface area (Å²) in [5.74, 6) is -0.0101. The van der Waals surface area contributed by atoms with Crippen molar-refractivity contribution < 1.29 is 4.79 Å². The number of amides is 1. The van der Waals surface area contributed by atoms with E-state index in [1.807, 2.05) is 6.07 Å². The lowest BCUT2D eigenvalue weighted by atomic mass is 10.0. The van der Waals surface area contributed by atoms with E-state index in [0.29, 0.717) is 0 Å². The number of nitrogens with one attached hydrogen (secondary N) is 1. The van der Waals surface area contributed by atoms with Gasteiger partial charge >= 0.3 is 0 Å². The average molecular weight is 290 g/mol. The Balaban J connectivity index is 2.30. The lowest BCUT2D eigenvalue weighted by molar-refractivity contribution is -0.114. The highest BCUT2D eigenvalue weighted by atomic mass is 79.9. The summed E-state index contributed by atoms with van der Waals surface area (Å²) in [5.41, 5.74) is 3.61. The number of benzene rings is 2. The zero-order chi connectivity index (χ0) is 12.0. The standard InChI is InChI=1S/C14H12BrNO/c1-8(17)16-13-7-5-10-12(15)6-3-9-2-4-11(13)14(9)10/h3,5-7H,2,4H2,1H3,(H,16,17). The summed E-state index contributed by atoms with van der Waals surface area (Å²) < 4.78 is 1.12. The second-order valence-electron chi connectivity index (χ2n) is 4.40. The van der Waals surface area contributed by atoms with Gasteiger partial charge < -0.3 is 5.32 Å². The van der Waals surface area contributed by atoms with E-state index in [4.69, 9.17) is 0 Å². The van der Waals surface area contributed by atoms with Crippen molar-refractivity contribution in [1.82, 2.24) is 0 Å². The summed E-state index contributed by atoms with van der Waals surface area (Å²) in [7, 11) is 0. The van der Waals surface area contributed by atoms with Crippen molar-refractivity contribution in [2.45, 2.75) is 19.8 Å². The van der Waals surface area contributed by atoms with Gasteiger partial charge in [-0.1, -0.05) is 28.1 Å². The summed E-state index contributed by atoms with van der Waals surface area (Å²) >= 11 is 3.58. The Bertz CT molecular complexity index is 634. The molecule has 0 fully saturated rings. The molecule has 0 saturated carbocycles. The normalized spacial score (nSPS) is 13.1. The van der Waals surface area contributed by atoms with Gasteiger partial charge in [-0.2, -0.15) is 0 Å². The topological polar surface area (TPSA) is 29.1 Å². The Morgan fingerprint density at radius 3 is 2.82 bits per heavy atom. The van der Waals surface area contributed by atoms with Gasteiger partial charge in [0.2, 0.25) is 5.91 Å². The number of carbonyl (C=O) groups is 1. The van der Waals surface area contributed by atoms with Crippen LogP contribution in [-0.2, 0) is 17.6 Å². The van der Waals surface area contributed by atoms with Crippen LogP contribution in [0.25, 0.3) is 10.8 Å². The van der Waals surface area contributed by atoms with E-state index in [2.05, 4.69) is 39.4 Å². The van der Waals surface area contributed by atoms with E-state index >= 15 is 0 Å². The molecule has 1 amide bonds. The van der Waals surface area contributed by atoms with Crippen LogP contribution in [0.3, 0.4) is 0 Å². The molecule has 3 heteroatoms. The molecule has 0 bridgehead atoms. The first-order chi connectivity index (χ1) is 8.16. The third kappa shape index (κ3) is 1.65. The molecule has 0 heterocycles. The number of aryl methyl sites for hydroxylation is 2. The first kappa shape index (κ1) is 10.8. The Labute approximate surface area is 108 Å². The van der Waals surface area contributed by atoms with Crippen LogP contribution < -0.4 is 5.32 Å². The molecule has 2 aromatic rings. The zero-order valence-corrected chi connectivity index (χ0v) is 11.1. The largest absolute Gasteiger partial charge is 0.326 e. The molecule has 86 valence electrons. The molecule has 0 radical (unpaired) electrons. The van der Waals surface area contributed by atoms with Gasteiger partial charge in [-0.25, -0.2) is 0 Å². The summed E-state index contributed by atoms with van der Waals surface area (Å²) in [4.78, 5) is 11.2. The minimum atomic E-state index is -0.0101. The van der Waals surface area contributed by atoms with Gasteiger partial charge in [-0.15, -0.1) is 0 Å². The second kappa shape index (κ2) is 3.84. The van der Waals surface area contributed by atoms with Crippen LogP contribution in [0.15, 0.2) is 28.7 Å². The summed E-state index contributed by atoms with van der Waals surface area (Å²) in [6.45, 7) is 1.55. The highest BCUT2D eigenvalue weighted by molar-refractivity contribution is 9.10. The maximum atomic E-state index is 11.2. The Morgan fingerprint density at radius 1 is 1.24 bits per heavy atom. The van der Waals surface area contributed by atoms with Gasteiger partial charge in [-0.05, 0) is 46.9 Å². The second-order valence-corrected chi connectivity index (χ2v) is 5.26. The van der Waals surface area contributed by atoms with Crippen LogP contribution in [0, 0.1) is 0 Å². The highest BCUT2D eigenvalue weighted by Crippen LogP contribution is 2.38. The van der Waals surface area contributed by atoms with E-state index in [0.717, 1.165) is 23.0 Å². The fraction of sp³-hybridized carbons (Fsp3) is 0.214. The predicted octanol–water partition coefficient (Wildman–Crippen LogP) is 3.66. The van der Waals surface area contributed by atoms with Crippen molar-refractivity contribution in [3.8, 4) is 0 Å². The Kier molecular flexibility index (Phi) is 2.44. The van der Waals surface area contributed by atoms with Crippen LogP contribution >= 0.6 is 15.9 Å². The van der Waals surface area contributed by atoms with E-state index < -0.39 is 0 Å². The maximum Gasteiger partial charge on any atom is 0.221 e. The lowest BCUT2D eigenvalue weighted by Gasteiger charge is -2.10. The van der Waals surface area contributed by atoms with Crippen molar-refractivity contribution in [3.63, 3.8) is 0 Å². The van der Waals surface area contributed by atoms with Crippen LogP contribution in [0.5, 0.6) is 0 Å². The quantitative estimate of drug-likeness (QED) is 0.853. The third-order valence-corrected chi connectivity index (χ3v) is 3.97. The Hall–Kier alpha value is -1.35. The van der Waals surface area contributed by atoms with Crippen molar-refractivity contribution in [3.05, 3.63) is 39.9 Å². The van der Waals surface area contributed by atoms with Gasteiger partial charge in [0.1, 0.15) is 0 Å². The van der Waals surface area contributed by atoms with E-state index in [-0.39, 0.29) is 5.91 Å². The fourth-order valence-corrected chi connectivity index (χ4v) is 3.06. The molecule has 3 rings (SSSR count). The average Bonchev–Trinajstić information content (AvgIpc) is 2.70. The zero-order valence-electron chi connectivity index (χ0n) is 9.51. The van der Waals surface area contributed by atoms with Crippen LogP contribution in [0.1, 0.15) is 18.1 Å². The molecule has 0 aliphatic heterocycles. The molecule has 1 aliphatic carbocycles. The predicted molar refractivity (Wildman–Crippen MR) is 73.4 cm³/mol. The van der Waals surface area contributed by atoms with Gasteiger partial charge in [0.05, 0.1) is 0 Å². The summed E-state index contributed by atoms with van der Waals surface area (Å²) in [6, 6.07) is 8.34. The number of halogens is 1. The maximum absolute atomic E-state index is 11.2. The first-order valence-corrected chi connectivity index (χ1v) is 6.46. The third-order valence-electron chi connectivity index (χ3n) is 3.28. The molecule has 0 unspecified atom stereocenters. The van der Waals surface area contributed by atoms with Crippen molar-refractivity contribution in [2.24, 2.45) is 0 Å². The highest BCUT2D eigenvalue weighted by Gasteiger charge is 2.19. The van der Waals surface area contributed by atoms with E-state index in [9.17, 15) is 4.79 Å². The monoisotopic (exact) mass is 289 g/mol. The lowest BCUT2D eigenvalue weighted by Crippen LogP contribution is -2.07. The van der Waals surface area contributed by atoms with Crippen molar-refractivity contribution >= 4 is 38.3 Å². The SMILES string of the molecule is CC(=O)Nc1ccc2c(Br)ccc3c2c1CC3. The van der Waals surface area contributed by atoms with Gasteiger partial charge in [-0.3, -0.25) is 4.79 Å². The molecule has 1 aliphatic rings. The molecular weight excluding hydrogens is 278 g/mol. The summed E-state index contributed by atoms with van der Waals surface area (Å²) in [5, 5.41) is 5.47. The van der Waals surface area contributed by atoms with Crippen LogP contribution in [0.4, 0.5) is 5.69 Å². The molecule has 2 aromatic carbocycles. The number of carbonyl (C=O) groups excluding carboxylic acids is 1. The van der Waals surface area contributed by atoms with Gasteiger partial charge in [0.15, 0.2) is 0 Å². The number of rotatable bonds is 1. The number of anilines is 1. The summed E-state index contributed by atoms with van der Waals surface area (Å²) in [6.07, 6.45) is 2.08. The van der Waals surface area contributed by atoms with Crippen molar-refractivity contribution in [2.75, 3.05) is 5.32 Å². The molecule has 0 aromatic heterocycles. The molecule has 2 nitrogen and oxygen atoms in total. The smallest absolute Gasteiger partial charge is 0.221 e. The molecule has 0 atom stereocenters. The first-order valence-electron chi connectivity index (χ1n) is 5.67. The fourth-order valence-electron chi connectivity index (χ4n) is 2.59. The molecule has 17 heavy (non-hydrogen) atoms. The number of hydrogen-bond donors (Lipinski definition) is 1. The molecule has 1 N–H and O–H groups in total. The van der Waals surface area contributed by atoms with E-state index in [1.54, 1.807) is 6.92 Å². The van der Waals surface area contributed by atoms with E-state index in [1.165, 1.54) is 21.9 Å².